The summed E-state index contributed by atoms with van der Waals surface area (Å²) in [7, 11) is 0. The highest BCUT2D eigenvalue weighted by molar-refractivity contribution is 5.94. The molecule has 3 aliphatic heterocycles. The maximum absolute atomic E-state index is 13.3. The number of benzene rings is 1. The van der Waals surface area contributed by atoms with Crippen LogP contribution in [0, 0.1) is 6.92 Å². The Balaban J connectivity index is 1.28. The van der Waals surface area contributed by atoms with E-state index in [-0.39, 0.29) is 29.9 Å². The molecule has 0 unspecified atom stereocenters. The molecule has 2 bridgehead atoms. The number of nitrogens with one attached hydrogen (secondary N) is 1. The minimum atomic E-state index is -0.0312. The number of carbonyl (C=O) groups excluding carboxylic acids is 2. The molecule has 29 heavy (non-hydrogen) atoms. The molecule has 0 aliphatic carbocycles. The van der Waals surface area contributed by atoms with Gasteiger partial charge in [0.25, 0.3) is 5.91 Å². The molecule has 5 rings (SSSR count). The molecule has 6 heteroatoms. The van der Waals surface area contributed by atoms with Gasteiger partial charge in [0.2, 0.25) is 5.91 Å². The summed E-state index contributed by atoms with van der Waals surface area (Å²) < 4.78 is 11.1. The summed E-state index contributed by atoms with van der Waals surface area (Å²) in [6.07, 6.45) is 5.49. The predicted octanol–water partition coefficient (Wildman–Crippen LogP) is 2.77. The van der Waals surface area contributed by atoms with Crippen LogP contribution in [-0.4, -0.2) is 41.4 Å². The van der Waals surface area contributed by atoms with Crippen LogP contribution in [0.1, 0.15) is 52.1 Å². The van der Waals surface area contributed by atoms with Gasteiger partial charge in [0, 0.05) is 23.6 Å². The molecule has 1 N–H and O–H groups in total. The van der Waals surface area contributed by atoms with Gasteiger partial charge in [-0.05, 0) is 37.3 Å². The van der Waals surface area contributed by atoms with Gasteiger partial charge in [-0.25, -0.2) is 0 Å². The van der Waals surface area contributed by atoms with Gasteiger partial charge in [0.05, 0.1) is 38.0 Å². The molecule has 6 nitrogen and oxygen atoms in total. The second-order valence-electron chi connectivity index (χ2n) is 8.40. The summed E-state index contributed by atoms with van der Waals surface area (Å²) >= 11 is 0. The smallest absolute Gasteiger partial charge is 0.290 e. The highest BCUT2D eigenvalue weighted by Gasteiger charge is 2.50. The topological polar surface area (TPSA) is 71.8 Å². The molecule has 2 amide bonds. The van der Waals surface area contributed by atoms with Gasteiger partial charge in [-0.1, -0.05) is 24.3 Å². The van der Waals surface area contributed by atoms with Crippen LogP contribution in [0.2, 0.25) is 0 Å². The zero-order valence-electron chi connectivity index (χ0n) is 16.6. The van der Waals surface area contributed by atoms with Crippen LogP contribution < -0.4 is 5.32 Å². The molecule has 1 aromatic heterocycles. The number of carbonyl (C=O) groups is 2. The van der Waals surface area contributed by atoms with Crippen molar-refractivity contribution in [1.82, 2.24) is 10.2 Å². The van der Waals surface area contributed by atoms with E-state index in [1.54, 1.807) is 6.26 Å². The van der Waals surface area contributed by atoms with Crippen molar-refractivity contribution < 1.29 is 18.7 Å². The SMILES string of the molecule is Cc1ccccc1CC(=O)N[C@@H]1C[C@@H]2CC[C@H]1N2C(=O)c1occ2c1CCOC2. The second kappa shape index (κ2) is 7.34. The van der Waals surface area contributed by atoms with Gasteiger partial charge in [-0.2, -0.15) is 0 Å². The molecule has 3 aliphatic rings. The molecule has 4 heterocycles. The van der Waals surface area contributed by atoms with E-state index in [1.807, 2.05) is 36.1 Å². The molecule has 2 aromatic rings. The number of furan rings is 1. The molecule has 0 saturated carbocycles. The number of fused-ring (bicyclic) bond motifs is 3. The Labute approximate surface area is 170 Å². The maximum atomic E-state index is 13.3. The zero-order valence-corrected chi connectivity index (χ0v) is 16.6. The fourth-order valence-corrected chi connectivity index (χ4v) is 5.17. The highest BCUT2D eigenvalue weighted by Crippen LogP contribution is 2.39. The third kappa shape index (κ3) is 3.25. The van der Waals surface area contributed by atoms with E-state index in [0.29, 0.717) is 31.8 Å². The maximum Gasteiger partial charge on any atom is 0.290 e. The van der Waals surface area contributed by atoms with Gasteiger partial charge >= 0.3 is 0 Å². The van der Waals surface area contributed by atoms with E-state index in [1.165, 1.54) is 0 Å². The Morgan fingerprint density at radius 2 is 2.10 bits per heavy atom. The second-order valence-corrected chi connectivity index (χ2v) is 8.40. The molecule has 0 spiro atoms. The van der Waals surface area contributed by atoms with Crippen LogP contribution >= 0.6 is 0 Å². The monoisotopic (exact) mass is 394 g/mol. The Morgan fingerprint density at radius 3 is 2.97 bits per heavy atom. The standard InChI is InChI=1S/C23H26N2O4/c1-14-4-2-3-5-15(14)10-21(26)24-19-11-17-6-7-20(19)25(17)23(27)22-18-8-9-28-12-16(18)13-29-22/h2-5,13,17,19-20H,6-12H2,1H3,(H,24,26)/t17-,19+,20+/m0/s1. The lowest BCUT2D eigenvalue weighted by molar-refractivity contribution is -0.121. The molecular formula is C23H26N2O4. The Kier molecular flexibility index (Phi) is 4.66. The predicted molar refractivity (Wildman–Crippen MR) is 106 cm³/mol. The third-order valence-corrected chi connectivity index (χ3v) is 6.66. The zero-order chi connectivity index (χ0) is 20.0. The molecule has 152 valence electrons. The highest BCUT2D eigenvalue weighted by atomic mass is 16.5. The van der Waals surface area contributed by atoms with Crippen molar-refractivity contribution in [3.8, 4) is 0 Å². The molecule has 2 fully saturated rings. The van der Waals surface area contributed by atoms with E-state index in [4.69, 9.17) is 9.15 Å². The molecular weight excluding hydrogens is 368 g/mol. The lowest BCUT2D eigenvalue weighted by Gasteiger charge is -2.25. The largest absolute Gasteiger partial charge is 0.458 e. The first kappa shape index (κ1) is 18.4. The van der Waals surface area contributed by atoms with Gasteiger partial charge < -0.3 is 19.4 Å². The van der Waals surface area contributed by atoms with Crippen molar-refractivity contribution in [2.24, 2.45) is 0 Å². The summed E-state index contributed by atoms with van der Waals surface area (Å²) in [5.41, 5.74) is 4.14. The van der Waals surface area contributed by atoms with Gasteiger partial charge in [-0.3, -0.25) is 9.59 Å². The number of nitrogens with zero attached hydrogens (tertiary/aromatic N) is 1. The Hall–Kier alpha value is -2.60. The Bertz CT molecular complexity index is 950. The van der Waals surface area contributed by atoms with Crippen LogP contribution in [0.3, 0.4) is 0 Å². The van der Waals surface area contributed by atoms with Crippen molar-refractivity contribution in [3.05, 3.63) is 58.5 Å². The normalized spacial score (nSPS) is 25.1. The fraction of sp³-hybridized carbons (Fsp3) is 0.478. The van der Waals surface area contributed by atoms with Gasteiger partial charge in [-0.15, -0.1) is 0 Å². The molecule has 1 aromatic carbocycles. The molecule has 0 radical (unpaired) electrons. The molecule has 3 atom stereocenters. The lowest BCUT2D eigenvalue weighted by atomic mass is 9.95. The van der Waals surface area contributed by atoms with Crippen molar-refractivity contribution in [2.75, 3.05) is 6.61 Å². The first-order valence-corrected chi connectivity index (χ1v) is 10.5. The van der Waals surface area contributed by atoms with E-state index in [2.05, 4.69) is 5.32 Å². The van der Waals surface area contributed by atoms with E-state index < -0.39 is 0 Å². The van der Waals surface area contributed by atoms with Crippen LogP contribution in [0.4, 0.5) is 0 Å². The summed E-state index contributed by atoms with van der Waals surface area (Å²) in [5.74, 6) is 0.458. The average Bonchev–Trinajstić information content (AvgIpc) is 3.41. The summed E-state index contributed by atoms with van der Waals surface area (Å²) in [4.78, 5) is 27.9. The van der Waals surface area contributed by atoms with Gasteiger partial charge in [0.15, 0.2) is 5.76 Å². The summed E-state index contributed by atoms with van der Waals surface area (Å²) in [6, 6.07) is 8.21. The first-order valence-electron chi connectivity index (χ1n) is 10.5. The Morgan fingerprint density at radius 1 is 1.24 bits per heavy atom. The average molecular weight is 394 g/mol. The number of ether oxygens (including phenoxy) is 1. The summed E-state index contributed by atoms with van der Waals surface area (Å²) in [6.45, 7) is 3.16. The quantitative estimate of drug-likeness (QED) is 0.866. The van der Waals surface area contributed by atoms with Crippen molar-refractivity contribution >= 4 is 11.8 Å². The third-order valence-electron chi connectivity index (χ3n) is 6.66. The van der Waals surface area contributed by atoms with Crippen LogP contribution in [0.5, 0.6) is 0 Å². The molecule has 2 saturated heterocycles. The van der Waals surface area contributed by atoms with Crippen molar-refractivity contribution in [3.63, 3.8) is 0 Å². The number of rotatable bonds is 4. The van der Waals surface area contributed by atoms with Crippen molar-refractivity contribution in [1.29, 1.82) is 0 Å². The van der Waals surface area contributed by atoms with Crippen molar-refractivity contribution in [2.45, 2.75) is 63.8 Å². The number of hydrogen-bond acceptors (Lipinski definition) is 4. The fourth-order valence-electron chi connectivity index (χ4n) is 5.17. The van der Waals surface area contributed by atoms with E-state index in [0.717, 1.165) is 41.5 Å². The van der Waals surface area contributed by atoms with Crippen LogP contribution in [-0.2, 0) is 29.0 Å². The van der Waals surface area contributed by atoms with E-state index in [9.17, 15) is 9.59 Å². The number of hydrogen-bond donors (Lipinski definition) is 1. The minimum Gasteiger partial charge on any atom is -0.458 e. The minimum absolute atomic E-state index is 0.0170. The van der Waals surface area contributed by atoms with Crippen LogP contribution in [0.15, 0.2) is 34.9 Å². The number of amides is 2. The van der Waals surface area contributed by atoms with E-state index >= 15 is 0 Å². The van der Waals surface area contributed by atoms with Crippen LogP contribution in [0.25, 0.3) is 0 Å². The van der Waals surface area contributed by atoms with Gasteiger partial charge in [0.1, 0.15) is 0 Å². The summed E-state index contributed by atoms with van der Waals surface area (Å²) in [5, 5.41) is 3.20. The first-order chi connectivity index (χ1) is 14.1. The number of aryl methyl sites for hydroxylation is 1. The lowest BCUT2D eigenvalue weighted by Crippen LogP contribution is -2.45.